The van der Waals surface area contributed by atoms with Crippen LogP contribution in [0, 0.1) is 17.8 Å². The van der Waals surface area contributed by atoms with Crippen LogP contribution in [-0.2, 0) is 22.1 Å². The van der Waals surface area contributed by atoms with Crippen molar-refractivity contribution in [3.8, 4) is 0 Å². The number of halogens is 1. The average molecular weight is 469 g/mol. The number of hydrogen-bond donors (Lipinski definition) is 0. The van der Waals surface area contributed by atoms with E-state index in [9.17, 15) is 0 Å². The first-order chi connectivity index (χ1) is 12.0. The molecule has 0 fully saturated rings. The van der Waals surface area contributed by atoms with Crippen molar-refractivity contribution in [1.82, 2.24) is 0 Å². The monoisotopic (exact) mass is 467 g/mol. The summed E-state index contributed by atoms with van der Waals surface area (Å²) in [5.74, 6) is 1.90. The van der Waals surface area contributed by atoms with Gasteiger partial charge in [-0.25, -0.2) is 0 Å². The van der Waals surface area contributed by atoms with Gasteiger partial charge in [-0.3, -0.25) is 0 Å². The molecular formula is C22H34ClOSiZr. The molecule has 2 atom stereocenters. The van der Waals surface area contributed by atoms with E-state index in [4.69, 9.17) is 2.81 Å². The van der Waals surface area contributed by atoms with Crippen LogP contribution in [0.25, 0.3) is 0 Å². The first-order valence-electron chi connectivity index (χ1n) is 10.3. The zero-order chi connectivity index (χ0) is 17.4. The summed E-state index contributed by atoms with van der Waals surface area (Å²) in [4.78, 5) is 0. The molecule has 4 heteroatoms. The van der Waals surface area contributed by atoms with Gasteiger partial charge >= 0.3 is 161 Å². The van der Waals surface area contributed by atoms with Gasteiger partial charge in [0, 0.05) is 0 Å². The molecule has 0 aromatic rings. The van der Waals surface area contributed by atoms with Gasteiger partial charge in [0.15, 0.2) is 0 Å². The molecule has 0 bridgehead atoms. The molecule has 0 aromatic heterocycles. The Morgan fingerprint density at radius 1 is 0.923 bits per heavy atom. The molecule has 0 aliphatic heterocycles. The zero-order valence-electron chi connectivity index (χ0n) is 16.4. The second kappa shape index (κ2) is 8.76. The summed E-state index contributed by atoms with van der Waals surface area (Å²) < 4.78 is 11.4. The quantitative estimate of drug-likeness (QED) is 0.458. The molecule has 143 valence electrons. The van der Waals surface area contributed by atoms with Crippen LogP contribution in [0.1, 0.15) is 51.4 Å². The van der Waals surface area contributed by atoms with Crippen LogP contribution in [0.4, 0.5) is 0 Å². The van der Waals surface area contributed by atoms with E-state index < -0.39 is 19.3 Å². The summed E-state index contributed by atoms with van der Waals surface area (Å²) in [6, 6.07) is 0. The molecule has 4 aliphatic rings. The van der Waals surface area contributed by atoms with Crippen LogP contribution in [0.15, 0.2) is 46.6 Å². The standard InChI is InChI=1S/C20H25O.2CH3.ClH.H2Si.Zr/c21-13-20(18-11-9-14-5-1-3-7-16(14)18)19-12-10-15-6-2-4-8-17(15)19;;;;;/h9-12,18-20H,1-8,13H2;2*1H3;1H;1H2;/q-1;;;;;+1. The third kappa shape index (κ3) is 4.48. The topological polar surface area (TPSA) is 9.23 Å². The van der Waals surface area contributed by atoms with Crippen LogP contribution in [0.3, 0.4) is 0 Å². The Hall–Kier alpha value is 0.310. The minimum atomic E-state index is -2.19. The normalized spacial score (nSPS) is 28.8. The summed E-state index contributed by atoms with van der Waals surface area (Å²) in [6.45, 7) is 3.16. The van der Waals surface area contributed by atoms with Gasteiger partial charge in [0.05, 0.1) is 0 Å². The SMILES string of the molecule is Cl.[CH3][Zr]([CH3])(=[SiH2])[O]CC(C1C=CC2=C1CCCC2)C1C=CC2=C1CCCC2. The summed E-state index contributed by atoms with van der Waals surface area (Å²) in [5, 5.41) is 0. The van der Waals surface area contributed by atoms with Crippen molar-refractivity contribution >= 4 is 19.3 Å². The molecule has 0 amide bonds. The van der Waals surface area contributed by atoms with E-state index in [2.05, 4.69) is 40.4 Å². The summed E-state index contributed by atoms with van der Waals surface area (Å²) in [7, 11) is 0. The second-order valence-electron chi connectivity index (χ2n) is 9.02. The third-order valence-corrected chi connectivity index (χ3v) is 10.1. The van der Waals surface area contributed by atoms with Crippen LogP contribution >= 0.6 is 12.4 Å². The molecule has 26 heavy (non-hydrogen) atoms. The molecule has 0 heterocycles. The molecule has 0 N–H and O–H groups in total. The van der Waals surface area contributed by atoms with Gasteiger partial charge in [0.25, 0.3) is 0 Å². The predicted octanol–water partition coefficient (Wildman–Crippen LogP) is 5.87. The summed E-state index contributed by atoms with van der Waals surface area (Å²) in [6.07, 6.45) is 20.8. The maximum absolute atomic E-state index is 6.59. The Labute approximate surface area is 172 Å². The van der Waals surface area contributed by atoms with Crippen LogP contribution in [0.5, 0.6) is 0 Å². The van der Waals surface area contributed by atoms with Gasteiger partial charge in [-0.05, 0) is 0 Å². The van der Waals surface area contributed by atoms with Crippen molar-refractivity contribution in [2.45, 2.75) is 60.6 Å². The minimum absolute atomic E-state index is 0. The molecule has 0 saturated heterocycles. The Morgan fingerprint density at radius 3 is 1.85 bits per heavy atom. The van der Waals surface area contributed by atoms with Gasteiger partial charge in [0.1, 0.15) is 0 Å². The molecule has 2 unspecified atom stereocenters. The zero-order valence-corrected chi connectivity index (χ0v) is 21.1. The first kappa shape index (κ1) is 21.0. The van der Waals surface area contributed by atoms with Crippen molar-refractivity contribution in [3.05, 3.63) is 46.6 Å². The van der Waals surface area contributed by atoms with E-state index in [1.54, 1.807) is 22.3 Å². The number of rotatable bonds is 5. The number of hydrogen-bond acceptors (Lipinski definition) is 1. The van der Waals surface area contributed by atoms with E-state index in [0.29, 0.717) is 17.8 Å². The summed E-state index contributed by atoms with van der Waals surface area (Å²) >= 11 is -2.19. The summed E-state index contributed by atoms with van der Waals surface area (Å²) in [5.41, 5.74) is 6.87. The Morgan fingerprint density at radius 2 is 1.38 bits per heavy atom. The average Bonchev–Trinajstić information content (AvgIpc) is 3.20. The molecule has 4 rings (SSSR count). The van der Waals surface area contributed by atoms with Gasteiger partial charge in [-0.2, -0.15) is 0 Å². The molecule has 0 radical (unpaired) electrons. The van der Waals surface area contributed by atoms with Crippen molar-refractivity contribution in [3.63, 3.8) is 0 Å². The Balaban J connectivity index is 0.00000196. The van der Waals surface area contributed by atoms with Crippen molar-refractivity contribution in [2.24, 2.45) is 17.8 Å². The van der Waals surface area contributed by atoms with E-state index in [-0.39, 0.29) is 12.4 Å². The Bertz CT molecular complexity index is 664. The van der Waals surface area contributed by atoms with Crippen molar-refractivity contribution in [1.29, 1.82) is 0 Å². The molecule has 0 aromatic carbocycles. The maximum atomic E-state index is 6.59. The molecule has 0 spiro atoms. The Kier molecular flexibility index (Phi) is 7.09. The third-order valence-electron chi connectivity index (χ3n) is 6.51. The second-order valence-corrected chi connectivity index (χ2v) is 28.5. The molecular weight excluding hydrogens is 435 g/mol. The van der Waals surface area contributed by atoms with Gasteiger partial charge in [-0.15, -0.1) is 12.4 Å². The first-order valence-corrected chi connectivity index (χ1v) is 22.2. The van der Waals surface area contributed by atoms with Crippen molar-refractivity contribution < 1.29 is 22.1 Å². The van der Waals surface area contributed by atoms with Gasteiger partial charge < -0.3 is 0 Å². The van der Waals surface area contributed by atoms with Crippen LogP contribution in [-0.4, -0.2) is 13.5 Å². The van der Waals surface area contributed by atoms with Gasteiger partial charge in [-0.1, -0.05) is 0 Å². The van der Waals surface area contributed by atoms with E-state index >= 15 is 0 Å². The predicted molar refractivity (Wildman–Crippen MR) is 113 cm³/mol. The fourth-order valence-electron chi connectivity index (χ4n) is 5.27. The fourth-order valence-corrected chi connectivity index (χ4v) is 7.55. The number of allylic oxidation sites excluding steroid dienone is 8. The fraction of sp³-hybridized carbons (Fsp3) is 0.636. The molecule has 0 saturated carbocycles. The van der Waals surface area contributed by atoms with E-state index in [1.807, 2.05) is 0 Å². The van der Waals surface area contributed by atoms with E-state index in [0.717, 1.165) is 6.61 Å². The molecule has 4 aliphatic carbocycles. The van der Waals surface area contributed by atoms with E-state index in [1.165, 1.54) is 51.4 Å². The van der Waals surface area contributed by atoms with Gasteiger partial charge in [0.2, 0.25) is 0 Å². The van der Waals surface area contributed by atoms with Crippen LogP contribution < -0.4 is 0 Å². The van der Waals surface area contributed by atoms with Crippen molar-refractivity contribution in [2.75, 3.05) is 6.61 Å². The molecule has 1 nitrogen and oxygen atoms in total. The van der Waals surface area contributed by atoms with Crippen LogP contribution in [0.2, 0.25) is 9.26 Å².